The number of nitrogens with zero attached hydrogens (tertiary/aromatic N) is 1. The van der Waals surface area contributed by atoms with Crippen molar-refractivity contribution in [1.82, 2.24) is 20.8 Å². The van der Waals surface area contributed by atoms with E-state index in [9.17, 15) is 9.18 Å². The predicted octanol–water partition coefficient (Wildman–Crippen LogP) is 2.30. The lowest BCUT2D eigenvalue weighted by atomic mass is 9.96. The minimum atomic E-state index is -0.634. The average molecular weight is 318 g/mol. The third-order valence-corrected chi connectivity index (χ3v) is 4.51. The average Bonchev–Trinajstić information content (AvgIpc) is 3.13. The van der Waals surface area contributed by atoms with Gasteiger partial charge in [0.05, 0.1) is 11.2 Å². The van der Waals surface area contributed by atoms with Crippen molar-refractivity contribution in [3.8, 4) is 0 Å². The second-order valence-corrected chi connectivity index (χ2v) is 6.76. The van der Waals surface area contributed by atoms with Crippen molar-refractivity contribution in [1.29, 1.82) is 0 Å². The number of carbonyl (C=O) groups excluding carboxylic acids is 1. The highest BCUT2D eigenvalue weighted by Crippen LogP contribution is 2.39. The molecule has 23 heavy (non-hydrogen) atoms. The Morgan fingerprint density at radius 2 is 2.26 bits per heavy atom. The summed E-state index contributed by atoms with van der Waals surface area (Å²) in [6, 6.07) is 4.85. The van der Waals surface area contributed by atoms with Gasteiger partial charge in [-0.25, -0.2) is 4.39 Å². The van der Waals surface area contributed by atoms with Crippen LogP contribution in [-0.2, 0) is 10.3 Å². The lowest BCUT2D eigenvalue weighted by Crippen LogP contribution is -2.42. The maximum atomic E-state index is 13.8. The lowest BCUT2D eigenvalue weighted by molar-refractivity contribution is -0.124. The first-order chi connectivity index (χ1) is 10.9. The van der Waals surface area contributed by atoms with Crippen molar-refractivity contribution in [3.05, 3.63) is 29.7 Å². The number of benzene rings is 1. The van der Waals surface area contributed by atoms with E-state index in [0.29, 0.717) is 16.8 Å². The van der Waals surface area contributed by atoms with E-state index < -0.39 is 5.54 Å². The molecule has 1 aromatic heterocycles. The van der Waals surface area contributed by atoms with E-state index in [1.807, 2.05) is 19.9 Å². The molecule has 0 bridgehead atoms. The van der Waals surface area contributed by atoms with Crippen LogP contribution in [-0.4, -0.2) is 29.2 Å². The molecule has 1 aliphatic carbocycles. The summed E-state index contributed by atoms with van der Waals surface area (Å²) in [5.74, 6) is 0.179. The van der Waals surface area contributed by atoms with Crippen LogP contribution in [0, 0.1) is 17.7 Å². The van der Waals surface area contributed by atoms with Crippen molar-refractivity contribution in [3.63, 3.8) is 0 Å². The number of H-pyrrole nitrogens is 1. The molecule has 5 nitrogen and oxygen atoms in total. The molecule has 6 heteroatoms. The minimum absolute atomic E-state index is 0.0528. The SMILES string of the molecule is CCNC[C@H]1C[C@@H]1C(=O)NC(C)(C)c1[nH]nc2c(F)cccc12. The maximum absolute atomic E-state index is 13.8. The van der Waals surface area contributed by atoms with Crippen LogP contribution < -0.4 is 10.6 Å². The number of hydrogen-bond donors (Lipinski definition) is 3. The molecular weight excluding hydrogens is 295 g/mol. The highest BCUT2D eigenvalue weighted by Gasteiger charge is 2.44. The molecule has 0 saturated heterocycles. The van der Waals surface area contributed by atoms with E-state index >= 15 is 0 Å². The number of amides is 1. The van der Waals surface area contributed by atoms with E-state index in [2.05, 4.69) is 27.8 Å². The maximum Gasteiger partial charge on any atom is 0.224 e. The number of rotatable bonds is 6. The molecule has 2 aromatic rings. The summed E-state index contributed by atoms with van der Waals surface area (Å²) in [6.07, 6.45) is 0.924. The van der Waals surface area contributed by atoms with Gasteiger partial charge in [0.2, 0.25) is 5.91 Å². The number of aromatic nitrogens is 2. The number of carbonyl (C=O) groups is 1. The second-order valence-electron chi connectivity index (χ2n) is 6.76. The van der Waals surface area contributed by atoms with Crippen LogP contribution in [0.2, 0.25) is 0 Å². The Hall–Kier alpha value is -1.95. The molecule has 1 heterocycles. The van der Waals surface area contributed by atoms with Crippen molar-refractivity contribution in [2.45, 2.75) is 32.7 Å². The molecule has 0 radical (unpaired) electrons. The normalized spacial score (nSPS) is 20.7. The number of halogens is 1. The van der Waals surface area contributed by atoms with Gasteiger partial charge >= 0.3 is 0 Å². The van der Waals surface area contributed by atoms with Crippen LogP contribution in [0.15, 0.2) is 18.2 Å². The molecule has 3 N–H and O–H groups in total. The van der Waals surface area contributed by atoms with Crippen molar-refractivity contribution in [2.75, 3.05) is 13.1 Å². The van der Waals surface area contributed by atoms with Gasteiger partial charge in [-0.2, -0.15) is 5.10 Å². The fourth-order valence-electron chi connectivity index (χ4n) is 3.07. The summed E-state index contributed by atoms with van der Waals surface area (Å²) in [5, 5.41) is 14.0. The van der Waals surface area contributed by atoms with Crippen LogP contribution in [0.1, 0.15) is 32.9 Å². The Morgan fingerprint density at radius 3 is 3.00 bits per heavy atom. The summed E-state index contributed by atoms with van der Waals surface area (Å²) >= 11 is 0. The third-order valence-electron chi connectivity index (χ3n) is 4.51. The molecule has 124 valence electrons. The molecule has 2 atom stereocenters. The zero-order valence-electron chi connectivity index (χ0n) is 13.7. The van der Waals surface area contributed by atoms with Gasteiger partial charge in [0.1, 0.15) is 5.52 Å². The molecule has 0 spiro atoms. The van der Waals surface area contributed by atoms with Gasteiger partial charge in [-0.15, -0.1) is 0 Å². The Bertz CT molecular complexity index is 724. The van der Waals surface area contributed by atoms with Crippen LogP contribution in [0.5, 0.6) is 0 Å². The highest BCUT2D eigenvalue weighted by molar-refractivity contribution is 5.85. The molecule has 0 unspecified atom stereocenters. The van der Waals surface area contributed by atoms with Gasteiger partial charge in [-0.3, -0.25) is 9.89 Å². The van der Waals surface area contributed by atoms with E-state index in [1.165, 1.54) is 6.07 Å². The van der Waals surface area contributed by atoms with E-state index in [4.69, 9.17) is 0 Å². The van der Waals surface area contributed by atoms with E-state index in [1.54, 1.807) is 6.07 Å². The summed E-state index contributed by atoms with van der Waals surface area (Å²) in [7, 11) is 0. The summed E-state index contributed by atoms with van der Waals surface area (Å²) in [5.41, 5.74) is 0.399. The smallest absolute Gasteiger partial charge is 0.224 e. The van der Waals surface area contributed by atoms with Gasteiger partial charge in [0, 0.05) is 11.3 Å². The van der Waals surface area contributed by atoms with Gasteiger partial charge in [0.25, 0.3) is 0 Å². The Balaban J connectivity index is 1.74. The third kappa shape index (κ3) is 3.08. The molecular formula is C17H23FN4O. The molecule has 1 fully saturated rings. The fraction of sp³-hybridized carbons (Fsp3) is 0.529. The van der Waals surface area contributed by atoms with Gasteiger partial charge in [-0.05, 0) is 45.3 Å². The first-order valence-electron chi connectivity index (χ1n) is 8.10. The van der Waals surface area contributed by atoms with E-state index in [0.717, 1.165) is 25.2 Å². The van der Waals surface area contributed by atoms with Gasteiger partial charge < -0.3 is 10.6 Å². The van der Waals surface area contributed by atoms with Gasteiger partial charge in [0.15, 0.2) is 5.82 Å². The summed E-state index contributed by atoms with van der Waals surface area (Å²) in [6.45, 7) is 7.67. The molecule has 1 amide bonds. The van der Waals surface area contributed by atoms with Crippen LogP contribution in [0.3, 0.4) is 0 Å². The second kappa shape index (κ2) is 5.92. The zero-order chi connectivity index (χ0) is 16.6. The summed E-state index contributed by atoms with van der Waals surface area (Å²) < 4.78 is 13.8. The highest BCUT2D eigenvalue weighted by atomic mass is 19.1. The molecule has 0 aliphatic heterocycles. The molecule has 1 aliphatic rings. The topological polar surface area (TPSA) is 69.8 Å². The first-order valence-corrected chi connectivity index (χ1v) is 8.10. The van der Waals surface area contributed by atoms with Crippen molar-refractivity contribution in [2.24, 2.45) is 11.8 Å². The largest absolute Gasteiger partial charge is 0.345 e. The predicted molar refractivity (Wildman–Crippen MR) is 87.4 cm³/mol. The quantitative estimate of drug-likeness (QED) is 0.765. The van der Waals surface area contributed by atoms with E-state index in [-0.39, 0.29) is 17.6 Å². The zero-order valence-corrected chi connectivity index (χ0v) is 13.7. The monoisotopic (exact) mass is 318 g/mol. The van der Waals surface area contributed by atoms with Gasteiger partial charge in [-0.1, -0.05) is 19.1 Å². The number of fused-ring (bicyclic) bond motifs is 1. The Labute approximate surface area is 135 Å². The number of hydrogen-bond acceptors (Lipinski definition) is 3. The van der Waals surface area contributed by atoms with Crippen molar-refractivity contribution < 1.29 is 9.18 Å². The molecule has 1 aromatic carbocycles. The lowest BCUT2D eigenvalue weighted by Gasteiger charge is -2.25. The number of nitrogens with one attached hydrogen (secondary N) is 3. The summed E-state index contributed by atoms with van der Waals surface area (Å²) in [4.78, 5) is 12.4. The van der Waals surface area contributed by atoms with Crippen LogP contribution in [0.25, 0.3) is 10.9 Å². The standard InChI is InChI=1S/C17H23FN4O/c1-4-19-9-10-8-12(10)16(23)20-17(2,3)15-11-6-5-7-13(18)14(11)21-22-15/h5-7,10,12,19H,4,8-9H2,1-3H3,(H,20,23)(H,21,22)/t10-,12+/m1/s1. The Morgan fingerprint density at radius 1 is 1.48 bits per heavy atom. The number of aromatic amines is 1. The van der Waals surface area contributed by atoms with Crippen molar-refractivity contribution >= 4 is 16.8 Å². The van der Waals surface area contributed by atoms with Crippen LogP contribution >= 0.6 is 0 Å². The number of para-hydroxylation sites is 1. The Kier molecular flexibility index (Phi) is 4.10. The minimum Gasteiger partial charge on any atom is -0.345 e. The molecule has 3 rings (SSSR count). The van der Waals surface area contributed by atoms with Crippen LogP contribution in [0.4, 0.5) is 4.39 Å². The molecule has 1 saturated carbocycles. The fourth-order valence-corrected chi connectivity index (χ4v) is 3.07. The first kappa shape index (κ1) is 15.9.